The van der Waals surface area contributed by atoms with Crippen LogP contribution < -0.4 is 10.1 Å². The second-order valence-electron chi connectivity index (χ2n) is 4.81. The Labute approximate surface area is 104 Å². The summed E-state index contributed by atoms with van der Waals surface area (Å²) in [5.41, 5.74) is 2.31. The van der Waals surface area contributed by atoms with Crippen molar-refractivity contribution in [2.45, 2.75) is 52.1 Å². The van der Waals surface area contributed by atoms with Crippen LogP contribution in [-0.2, 0) is 6.54 Å². The predicted molar refractivity (Wildman–Crippen MR) is 69.2 cm³/mol. The lowest BCUT2D eigenvalue weighted by atomic mass is 10.2. The largest absolute Gasteiger partial charge is 0.478 e. The molecule has 1 heterocycles. The van der Waals surface area contributed by atoms with Gasteiger partial charge in [-0.1, -0.05) is 13.3 Å². The fourth-order valence-corrected chi connectivity index (χ4v) is 1.75. The molecule has 0 radical (unpaired) electrons. The quantitative estimate of drug-likeness (QED) is 0.737. The van der Waals surface area contributed by atoms with Gasteiger partial charge in [-0.15, -0.1) is 0 Å². The van der Waals surface area contributed by atoms with Crippen LogP contribution in [0.25, 0.3) is 0 Å². The summed E-state index contributed by atoms with van der Waals surface area (Å²) in [4.78, 5) is 4.40. The van der Waals surface area contributed by atoms with Gasteiger partial charge in [0.2, 0.25) is 5.88 Å². The van der Waals surface area contributed by atoms with Crippen molar-refractivity contribution in [3.63, 3.8) is 0 Å². The molecule has 0 spiro atoms. The molecule has 1 N–H and O–H groups in total. The van der Waals surface area contributed by atoms with Crippen LogP contribution in [0.3, 0.4) is 0 Å². The number of nitrogens with zero attached hydrogens (tertiary/aromatic N) is 1. The molecule has 0 aromatic carbocycles. The van der Waals surface area contributed by atoms with Gasteiger partial charge in [-0.3, -0.25) is 0 Å². The minimum atomic E-state index is 0.743. The first kappa shape index (κ1) is 12.4. The van der Waals surface area contributed by atoms with Crippen LogP contribution in [0, 0.1) is 6.92 Å². The molecule has 17 heavy (non-hydrogen) atoms. The second kappa shape index (κ2) is 6.01. The molecule has 0 saturated heterocycles. The summed E-state index contributed by atoms with van der Waals surface area (Å²) in [5.74, 6) is 0.769. The Morgan fingerprint density at radius 1 is 1.41 bits per heavy atom. The fraction of sp³-hybridized carbons (Fsp3) is 0.643. The number of pyridine rings is 1. The number of unbranched alkanes of at least 4 members (excludes halogenated alkanes) is 1. The highest BCUT2D eigenvalue weighted by atomic mass is 16.5. The van der Waals surface area contributed by atoms with Crippen LogP contribution in [0.5, 0.6) is 5.88 Å². The van der Waals surface area contributed by atoms with Crippen LogP contribution >= 0.6 is 0 Å². The van der Waals surface area contributed by atoms with Gasteiger partial charge in [0.25, 0.3) is 0 Å². The number of aromatic nitrogens is 1. The van der Waals surface area contributed by atoms with Gasteiger partial charge >= 0.3 is 0 Å². The summed E-state index contributed by atoms with van der Waals surface area (Å²) in [6.45, 7) is 5.88. The smallest absolute Gasteiger partial charge is 0.213 e. The molecule has 0 atom stereocenters. The maximum Gasteiger partial charge on any atom is 0.213 e. The molecule has 1 aromatic rings. The summed E-state index contributed by atoms with van der Waals surface area (Å²) in [6, 6.07) is 4.92. The van der Waals surface area contributed by atoms with E-state index in [0.717, 1.165) is 43.6 Å². The van der Waals surface area contributed by atoms with Crippen molar-refractivity contribution in [2.75, 3.05) is 6.61 Å². The van der Waals surface area contributed by atoms with Crippen molar-refractivity contribution in [3.8, 4) is 5.88 Å². The van der Waals surface area contributed by atoms with Gasteiger partial charge in [0.15, 0.2) is 0 Å². The molecule has 1 saturated carbocycles. The summed E-state index contributed by atoms with van der Waals surface area (Å²) < 4.78 is 5.65. The third kappa shape index (κ3) is 4.35. The SMILES string of the molecule is CCCCOc1cc(CNC2CC2)cc(C)n1. The first-order chi connectivity index (χ1) is 8.28. The molecule has 1 fully saturated rings. The number of hydrogen-bond donors (Lipinski definition) is 1. The molecular formula is C14H22N2O. The summed E-state index contributed by atoms with van der Waals surface area (Å²) in [5, 5.41) is 3.51. The molecule has 1 aliphatic rings. The zero-order chi connectivity index (χ0) is 12.1. The Hall–Kier alpha value is -1.09. The van der Waals surface area contributed by atoms with E-state index < -0.39 is 0 Å². The lowest BCUT2D eigenvalue weighted by Crippen LogP contribution is -2.15. The van der Waals surface area contributed by atoms with Gasteiger partial charge in [0.1, 0.15) is 0 Å². The third-order valence-electron chi connectivity index (χ3n) is 2.91. The number of aryl methyl sites for hydroxylation is 1. The average molecular weight is 234 g/mol. The minimum absolute atomic E-state index is 0.743. The Balaban J connectivity index is 1.90. The minimum Gasteiger partial charge on any atom is -0.478 e. The molecular weight excluding hydrogens is 212 g/mol. The van der Waals surface area contributed by atoms with Gasteiger partial charge in [-0.25, -0.2) is 4.98 Å². The topological polar surface area (TPSA) is 34.1 Å². The highest BCUT2D eigenvalue weighted by Crippen LogP contribution is 2.20. The van der Waals surface area contributed by atoms with Crippen molar-refractivity contribution in [1.29, 1.82) is 0 Å². The zero-order valence-corrected chi connectivity index (χ0v) is 10.8. The molecule has 1 aromatic heterocycles. The van der Waals surface area contributed by atoms with Crippen LogP contribution in [0.1, 0.15) is 43.9 Å². The van der Waals surface area contributed by atoms with Gasteiger partial charge in [-0.05, 0) is 37.8 Å². The van der Waals surface area contributed by atoms with Crippen LogP contribution in [0.2, 0.25) is 0 Å². The number of hydrogen-bond acceptors (Lipinski definition) is 3. The van der Waals surface area contributed by atoms with Crippen molar-refractivity contribution in [2.24, 2.45) is 0 Å². The standard InChI is InChI=1S/C14H22N2O/c1-3-4-7-17-14-9-12(8-11(2)16-14)10-15-13-5-6-13/h8-9,13,15H,3-7,10H2,1-2H3. The normalized spacial score (nSPS) is 14.9. The lowest BCUT2D eigenvalue weighted by Gasteiger charge is -2.09. The fourth-order valence-electron chi connectivity index (χ4n) is 1.75. The van der Waals surface area contributed by atoms with Gasteiger partial charge < -0.3 is 10.1 Å². The van der Waals surface area contributed by atoms with Crippen molar-refractivity contribution >= 4 is 0 Å². The van der Waals surface area contributed by atoms with E-state index >= 15 is 0 Å². The van der Waals surface area contributed by atoms with Gasteiger partial charge in [0, 0.05) is 24.3 Å². The Morgan fingerprint density at radius 2 is 2.24 bits per heavy atom. The van der Waals surface area contributed by atoms with E-state index in [9.17, 15) is 0 Å². The van der Waals surface area contributed by atoms with Crippen LogP contribution in [0.15, 0.2) is 12.1 Å². The molecule has 3 nitrogen and oxygen atoms in total. The van der Waals surface area contributed by atoms with Crippen molar-refractivity contribution in [1.82, 2.24) is 10.3 Å². The van der Waals surface area contributed by atoms with Crippen molar-refractivity contribution in [3.05, 3.63) is 23.4 Å². The number of ether oxygens (including phenoxy) is 1. The number of rotatable bonds is 7. The summed E-state index contributed by atoms with van der Waals surface area (Å²) in [7, 11) is 0. The first-order valence-electron chi connectivity index (χ1n) is 6.61. The zero-order valence-electron chi connectivity index (χ0n) is 10.8. The summed E-state index contributed by atoms with van der Waals surface area (Å²) in [6.07, 6.45) is 4.89. The maximum absolute atomic E-state index is 5.65. The van der Waals surface area contributed by atoms with Gasteiger partial charge in [-0.2, -0.15) is 0 Å². The van der Waals surface area contributed by atoms with E-state index in [4.69, 9.17) is 4.74 Å². The van der Waals surface area contributed by atoms with Gasteiger partial charge in [0.05, 0.1) is 6.61 Å². The Morgan fingerprint density at radius 3 is 2.94 bits per heavy atom. The summed E-state index contributed by atoms with van der Waals surface area (Å²) >= 11 is 0. The third-order valence-corrected chi connectivity index (χ3v) is 2.91. The van der Waals surface area contributed by atoms with E-state index in [1.807, 2.05) is 6.92 Å². The molecule has 0 unspecified atom stereocenters. The highest BCUT2D eigenvalue weighted by molar-refractivity contribution is 5.24. The predicted octanol–water partition coefficient (Wildman–Crippen LogP) is 2.82. The second-order valence-corrected chi connectivity index (χ2v) is 4.81. The molecule has 0 aliphatic heterocycles. The van der Waals surface area contributed by atoms with E-state index in [2.05, 4.69) is 29.4 Å². The maximum atomic E-state index is 5.65. The van der Waals surface area contributed by atoms with E-state index in [0.29, 0.717) is 0 Å². The first-order valence-corrected chi connectivity index (χ1v) is 6.61. The molecule has 0 bridgehead atoms. The van der Waals surface area contributed by atoms with Crippen molar-refractivity contribution < 1.29 is 4.74 Å². The Kier molecular flexibility index (Phi) is 4.37. The molecule has 0 amide bonds. The average Bonchev–Trinajstić information content (AvgIpc) is 3.10. The monoisotopic (exact) mass is 234 g/mol. The number of nitrogens with one attached hydrogen (secondary N) is 1. The van der Waals surface area contributed by atoms with Crippen LogP contribution in [-0.4, -0.2) is 17.6 Å². The molecule has 3 heteroatoms. The van der Waals surface area contributed by atoms with E-state index in [1.165, 1.54) is 18.4 Å². The Bertz CT molecular complexity index is 361. The van der Waals surface area contributed by atoms with E-state index in [1.54, 1.807) is 0 Å². The highest BCUT2D eigenvalue weighted by Gasteiger charge is 2.20. The lowest BCUT2D eigenvalue weighted by molar-refractivity contribution is 0.297. The molecule has 2 rings (SSSR count). The van der Waals surface area contributed by atoms with Crippen LogP contribution in [0.4, 0.5) is 0 Å². The molecule has 94 valence electrons. The van der Waals surface area contributed by atoms with E-state index in [-0.39, 0.29) is 0 Å². The molecule has 1 aliphatic carbocycles.